The van der Waals surface area contributed by atoms with Crippen molar-refractivity contribution in [3.63, 3.8) is 0 Å². The van der Waals surface area contributed by atoms with Crippen LogP contribution in [0.2, 0.25) is 0 Å². The van der Waals surface area contributed by atoms with Crippen molar-refractivity contribution in [1.29, 1.82) is 0 Å². The van der Waals surface area contributed by atoms with Gasteiger partial charge in [-0.15, -0.1) is 0 Å². The van der Waals surface area contributed by atoms with E-state index in [4.69, 9.17) is 4.74 Å². The molecule has 0 aromatic heterocycles. The molecule has 0 aliphatic carbocycles. The van der Waals surface area contributed by atoms with E-state index in [1.54, 1.807) is 7.11 Å². The molecule has 0 radical (unpaired) electrons. The summed E-state index contributed by atoms with van der Waals surface area (Å²) in [5.74, 6) is -0.991. The number of methoxy groups -OCH3 is 1. The predicted octanol–water partition coefficient (Wildman–Crippen LogP) is 3.69. The molecule has 0 amide bonds. The minimum absolute atomic E-state index is 0.126. The second kappa shape index (κ2) is 7.70. The van der Waals surface area contributed by atoms with Crippen molar-refractivity contribution in [1.82, 2.24) is 5.32 Å². The van der Waals surface area contributed by atoms with Gasteiger partial charge in [0, 0.05) is 18.7 Å². The minimum Gasteiger partial charge on any atom is -0.377 e. The zero-order valence-electron chi connectivity index (χ0n) is 12.8. The first-order chi connectivity index (χ1) is 9.54. The Hall–Kier alpha value is -1.00. The molecule has 0 bridgehead atoms. The Morgan fingerprint density at radius 1 is 1.15 bits per heavy atom. The van der Waals surface area contributed by atoms with Crippen LogP contribution in [0.4, 0.5) is 8.78 Å². The fourth-order valence-corrected chi connectivity index (χ4v) is 2.80. The first-order valence-electron chi connectivity index (χ1n) is 7.26. The van der Waals surface area contributed by atoms with E-state index in [-0.39, 0.29) is 18.0 Å². The summed E-state index contributed by atoms with van der Waals surface area (Å²) < 4.78 is 33.4. The third kappa shape index (κ3) is 3.55. The van der Waals surface area contributed by atoms with Gasteiger partial charge in [-0.05, 0) is 37.9 Å². The number of nitrogens with one attached hydrogen (secondary N) is 1. The van der Waals surface area contributed by atoms with Crippen molar-refractivity contribution in [3.05, 3.63) is 35.4 Å². The van der Waals surface area contributed by atoms with Crippen LogP contribution in [0, 0.1) is 11.6 Å². The third-order valence-corrected chi connectivity index (χ3v) is 4.16. The summed E-state index contributed by atoms with van der Waals surface area (Å²) in [6.07, 6.45) is 1.85. The van der Waals surface area contributed by atoms with Crippen LogP contribution >= 0.6 is 0 Å². The Bertz CT molecular complexity index is 390. The Balaban J connectivity index is 3.09. The van der Waals surface area contributed by atoms with Gasteiger partial charge >= 0.3 is 0 Å². The molecule has 0 saturated heterocycles. The summed E-state index contributed by atoms with van der Waals surface area (Å²) >= 11 is 0. The molecule has 0 saturated carbocycles. The van der Waals surface area contributed by atoms with E-state index in [0.29, 0.717) is 0 Å². The summed E-state index contributed by atoms with van der Waals surface area (Å²) in [5.41, 5.74) is -0.285. The lowest BCUT2D eigenvalue weighted by molar-refractivity contribution is -0.0471. The van der Waals surface area contributed by atoms with Crippen molar-refractivity contribution in [2.45, 2.75) is 51.7 Å². The van der Waals surface area contributed by atoms with Gasteiger partial charge in [0.2, 0.25) is 0 Å². The molecule has 0 aliphatic rings. The van der Waals surface area contributed by atoms with Crippen LogP contribution in [0.15, 0.2) is 18.2 Å². The van der Waals surface area contributed by atoms with Crippen molar-refractivity contribution < 1.29 is 13.5 Å². The molecule has 0 heterocycles. The van der Waals surface area contributed by atoms with Gasteiger partial charge in [0.15, 0.2) is 0 Å². The highest BCUT2D eigenvalue weighted by Gasteiger charge is 2.36. The number of rotatable bonds is 8. The van der Waals surface area contributed by atoms with Gasteiger partial charge in [-0.25, -0.2) is 8.78 Å². The molecule has 4 heteroatoms. The van der Waals surface area contributed by atoms with E-state index in [9.17, 15) is 8.78 Å². The summed E-state index contributed by atoms with van der Waals surface area (Å²) in [6.45, 7) is 6.78. The summed E-state index contributed by atoms with van der Waals surface area (Å²) in [6, 6.07) is 3.86. The Labute approximate surface area is 120 Å². The topological polar surface area (TPSA) is 21.3 Å². The zero-order valence-corrected chi connectivity index (χ0v) is 12.8. The second-order valence-corrected chi connectivity index (χ2v) is 4.99. The van der Waals surface area contributed by atoms with Crippen LogP contribution < -0.4 is 5.32 Å². The van der Waals surface area contributed by atoms with Gasteiger partial charge in [-0.2, -0.15) is 0 Å². The Morgan fingerprint density at radius 2 is 1.70 bits per heavy atom. The average Bonchev–Trinajstić information content (AvgIpc) is 2.45. The predicted molar refractivity (Wildman–Crippen MR) is 77.8 cm³/mol. The summed E-state index contributed by atoms with van der Waals surface area (Å²) in [7, 11) is 1.66. The van der Waals surface area contributed by atoms with Crippen molar-refractivity contribution in [2.24, 2.45) is 0 Å². The molecule has 0 spiro atoms. The van der Waals surface area contributed by atoms with E-state index in [1.165, 1.54) is 18.2 Å². The van der Waals surface area contributed by atoms with Gasteiger partial charge in [0.05, 0.1) is 5.60 Å². The summed E-state index contributed by atoms with van der Waals surface area (Å²) in [4.78, 5) is 0. The highest BCUT2D eigenvalue weighted by molar-refractivity contribution is 5.21. The molecule has 0 aliphatic heterocycles. The first kappa shape index (κ1) is 17.1. The van der Waals surface area contributed by atoms with Gasteiger partial charge in [0.25, 0.3) is 0 Å². The maximum atomic E-state index is 13.8. The van der Waals surface area contributed by atoms with Crippen LogP contribution in [-0.4, -0.2) is 25.3 Å². The lowest BCUT2D eigenvalue weighted by Crippen LogP contribution is -2.53. The molecule has 0 fully saturated rings. The molecule has 1 unspecified atom stereocenters. The number of hydrogen-bond donors (Lipinski definition) is 1. The van der Waals surface area contributed by atoms with Gasteiger partial charge in [0.1, 0.15) is 11.6 Å². The monoisotopic (exact) mass is 285 g/mol. The molecule has 20 heavy (non-hydrogen) atoms. The molecular formula is C16H25F2NO. The van der Waals surface area contributed by atoms with Crippen molar-refractivity contribution >= 4 is 0 Å². The molecule has 1 rings (SSSR count). The average molecular weight is 285 g/mol. The molecule has 1 atom stereocenters. The smallest absolute Gasteiger partial charge is 0.129 e. The lowest BCUT2D eigenvalue weighted by Gasteiger charge is -2.39. The number of ether oxygens (including phenoxy) is 1. The molecule has 1 aromatic rings. The summed E-state index contributed by atoms with van der Waals surface area (Å²) in [5, 5.41) is 3.32. The third-order valence-electron chi connectivity index (χ3n) is 4.16. The molecular weight excluding hydrogens is 260 g/mol. The maximum absolute atomic E-state index is 13.8. The SMILES string of the molecule is CCNC(Cc1c(F)cccc1F)C(CC)(CC)OC. The standard InChI is InChI=1S/C16H25F2NO/c1-5-16(6-2,20-4)15(19-7-3)11-12-13(17)9-8-10-14(12)18/h8-10,15,19H,5-7,11H2,1-4H3. The van der Waals surface area contributed by atoms with Crippen LogP contribution in [0.25, 0.3) is 0 Å². The van der Waals surface area contributed by atoms with E-state index < -0.39 is 17.2 Å². The Kier molecular flexibility index (Phi) is 6.56. The van der Waals surface area contributed by atoms with E-state index in [1.807, 2.05) is 20.8 Å². The number of hydrogen-bond acceptors (Lipinski definition) is 2. The highest BCUT2D eigenvalue weighted by atomic mass is 19.1. The van der Waals surface area contributed by atoms with Gasteiger partial charge in [-0.3, -0.25) is 0 Å². The van der Waals surface area contributed by atoms with Crippen LogP contribution in [0.3, 0.4) is 0 Å². The van der Waals surface area contributed by atoms with Crippen LogP contribution in [0.5, 0.6) is 0 Å². The van der Waals surface area contributed by atoms with Gasteiger partial charge in [-0.1, -0.05) is 26.8 Å². The van der Waals surface area contributed by atoms with E-state index >= 15 is 0 Å². The van der Waals surface area contributed by atoms with Crippen molar-refractivity contribution in [3.8, 4) is 0 Å². The minimum atomic E-state index is -0.495. The highest BCUT2D eigenvalue weighted by Crippen LogP contribution is 2.28. The van der Waals surface area contributed by atoms with Crippen LogP contribution in [0.1, 0.15) is 39.2 Å². The number of benzene rings is 1. The largest absolute Gasteiger partial charge is 0.377 e. The fraction of sp³-hybridized carbons (Fsp3) is 0.625. The fourth-order valence-electron chi connectivity index (χ4n) is 2.80. The van der Waals surface area contributed by atoms with Crippen LogP contribution in [-0.2, 0) is 11.2 Å². The molecule has 114 valence electrons. The molecule has 2 nitrogen and oxygen atoms in total. The van der Waals surface area contributed by atoms with Crippen molar-refractivity contribution in [2.75, 3.05) is 13.7 Å². The first-order valence-corrected chi connectivity index (χ1v) is 7.26. The van der Waals surface area contributed by atoms with Gasteiger partial charge < -0.3 is 10.1 Å². The second-order valence-electron chi connectivity index (χ2n) is 4.99. The molecule has 1 aromatic carbocycles. The lowest BCUT2D eigenvalue weighted by atomic mass is 9.84. The zero-order chi connectivity index (χ0) is 15.2. The van der Waals surface area contributed by atoms with E-state index in [2.05, 4.69) is 5.32 Å². The molecule has 1 N–H and O–H groups in total. The normalized spacial score (nSPS) is 13.5. The maximum Gasteiger partial charge on any atom is 0.129 e. The van der Waals surface area contributed by atoms with E-state index in [0.717, 1.165) is 19.4 Å². The number of halogens is 2. The quantitative estimate of drug-likeness (QED) is 0.786. The Morgan fingerprint density at radius 3 is 2.10 bits per heavy atom. The number of likely N-dealkylation sites (N-methyl/N-ethyl adjacent to an activating group) is 1.